The molecule has 1 heterocycles. The van der Waals surface area contributed by atoms with Gasteiger partial charge in [-0.05, 0) is 67.6 Å². The summed E-state index contributed by atoms with van der Waals surface area (Å²) in [5.41, 5.74) is 3.35. The normalized spacial score (nSPS) is 20.3. The van der Waals surface area contributed by atoms with Crippen LogP contribution in [0.25, 0.3) is 0 Å². The monoisotopic (exact) mass is 373 g/mol. The molecule has 0 radical (unpaired) electrons. The molecule has 1 fully saturated rings. The first-order valence-corrected chi connectivity index (χ1v) is 10.4. The summed E-state index contributed by atoms with van der Waals surface area (Å²) in [5.74, 6) is 1.22. The van der Waals surface area contributed by atoms with E-state index in [1.54, 1.807) is 12.1 Å². The first-order valence-electron chi connectivity index (χ1n) is 10.1. The third-order valence-electron chi connectivity index (χ3n) is 5.84. The fraction of sp³-hybridized carbons (Fsp3) is 0.522. The highest BCUT2D eigenvalue weighted by Gasteiger charge is 2.21. The van der Waals surface area contributed by atoms with Gasteiger partial charge in [-0.3, -0.25) is 0 Å². The van der Waals surface area contributed by atoms with Crippen LogP contribution in [0.5, 0.6) is 0 Å². The van der Waals surface area contributed by atoms with E-state index in [1.807, 2.05) is 0 Å². The molecule has 2 aromatic rings. The van der Waals surface area contributed by atoms with Gasteiger partial charge < -0.3 is 0 Å². The van der Waals surface area contributed by atoms with E-state index in [-0.39, 0.29) is 5.15 Å². The molecule has 3 heteroatoms. The smallest absolute Gasteiger partial charge is 0.208 e. The molecule has 0 unspecified atom stereocenters. The number of hydrogen-bond acceptors (Lipinski definition) is 1. The number of pyridine rings is 1. The zero-order chi connectivity index (χ0) is 18.4. The molecular formula is C23H29ClFN. The summed E-state index contributed by atoms with van der Waals surface area (Å²) >= 11 is 5.71. The van der Waals surface area contributed by atoms with Crippen molar-refractivity contribution in [1.29, 1.82) is 0 Å². The Morgan fingerprint density at radius 1 is 1.00 bits per heavy atom. The number of halogens is 2. The van der Waals surface area contributed by atoms with Gasteiger partial charge in [0, 0.05) is 5.56 Å². The average molecular weight is 374 g/mol. The standard InChI is InChI=1S/C23H29ClFN/c1-2-3-4-17-5-10-19(11-6-17)20-12-7-18(8-13-20)9-14-21-15-16-22(24)26-23(21)25/h7-8,12-13,15-17,19H,2-6,9-11,14H2,1H3. The first kappa shape index (κ1) is 19.4. The molecule has 1 aromatic heterocycles. The maximum absolute atomic E-state index is 13.8. The summed E-state index contributed by atoms with van der Waals surface area (Å²) < 4.78 is 13.8. The molecule has 1 aliphatic rings. The predicted molar refractivity (Wildman–Crippen MR) is 107 cm³/mol. The second-order valence-electron chi connectivity index (χ2n) is 7.69. The summed E-state index contributed by atoms with van der Waals surface area (Å²) in [4.78, 5) is 3.68. The molecule has 0 bridgehead atoms. The molecule has 26 heavy (non-hydrogen) atoms. The van der Waals surface area contributed by atoms with Gasteiger partial charge >= 0.3 is 0 Å². The van der Waals surface area contributed by atoms with E-state index in [9.17, 15) is 4.39 Å². The Hall–Kier alpha value is -1.41. The van der Waals surface area contributed by atoms with Crippen LogP contribution in [0.15, 0.2) is 36.4 Å². The number of hydrogen-bond donors (Lipinski definition) is 0. The van der Waals surface area contributed by atoms with Crippen LogP contribution in [0.2, 0.25) is 5.15 Å². The molecular weight excluding hydrogens is 345 g/mol. The molecule has 0 N–H and O–H groups in total. The van der Waals surface area contributed by atoms with Crippen LogP contribution in [-0.4, -0.2) is 4.98 Å². The van der Waals surface area contributed by atoms with E-state index in [4.69, 9.17) is 11.6 Å². The maximum Gasteiger partial charge on any atom is 0.217 e. The third-order valence-corrected chi connectivity index (χ3v) is 6.05. The van der Waals surface area contributed by atoms with E-state index in [0.717, 1.165) is 18.3 Å². The molecule has 1 aromatic carbocycles. The van der Waals surface area contributed by atoms with Crippen LogP contribution in [0.1, 0.15) is 74.5 Å². The van der Waals surface area contributed by atoms with E-state index >= 15 is 0 Å². The van der Waals surface area contributed by atoms with Crippen molar-refractivity contribution in [2.75, 3.05) is 0 Å². The Morgan fingerprint density at radius 3 is 2.38 bits per heavy atom. The molecule has 0 saturated heterocycles. The summed E-state index contributed by atoms with van der Waals surface area (Å²) in [6, 6.07) is 12.4. The fourth-order valence-electron chi connectivity index (χ4n) is 4.14. The van der Waals surface area contributed by atoms with Crippen molar-refractivity contribution >= 4 is 11.6 Å². The molecule has 3 rings (SSSR count). The van der Waals surface area contributed by atoms with Gasteiger partial charge in [0.05, 0.1) is 0 Å². The Kier molecular flexibility index (Phi) is 7.07. The number of unbranched alkanes of at least 4 members (excludes halogenated alkanes) is 1. The van der Waals surface area contributed by atoms with Crippen molar-refractivity contribution in [2.45, 2.75) is 70.6 Å². The lowest BCUT2D eigenvalue weighted by Gasteiger charge is -2.29. The van der Waals surface area contributed by atoms with Crippen molar-refractivity contribution in [3.63, 3.8) is 0 Å². The second-order valence-corrected chi connectivity index (χ2v) is 8.07. The maximum atomic E-state index is 13.8. The van der Waals surface area contributed by atoms with Gasteiger partial charge in [0.15, 0.2) is 0 Å². The lowest BCUT2D eigenvalue weighted by atomic mass is 9.77. The van der Waals surface area contributed by atoms with Crippen LogP contribution < -0.4 is 0 Å². The number of nitrogens with zero attached hydrogens (tertiary/aromatic N) is 1. The quantitative estimate of drug-likeness (QED) is 0.470. The molecule has 0 aliphatic heterocycles. The van der Waals surface area contributed by atoms with Crippen molar-refractivity contribution in [3.8, 4) is 0 Å². The number of aryl methyl sites for hydroxylation is 2. The van der Waals surface area contributed by atoms with Crippen LogP contribution in [0.3, 0.4) is 0 Å². The van der Waals surface area contributed by atoms with E-state index < -0.39 is 5.95 Å². The van der Waals surface area contributed by atoms with E-state index in [0.29, 0.717) is 12.0 Å². The van der Waals surface area contributed by atoms with Gasteiger partial charge in [0.25, 0.3) is 0 Å². The van der Waals surface area contributed by atoms with Gasteiger partial charge in [-0.1, -0.05) is 68.1 Å². The van der Waals surface area contributed by atoms with Gasteiger partial charge in [0.1, 0.15) is 5.15 Å². The molecule has 140 valence electrons. The largest absolute Gasteiger partial charge is 0.217 e. The van der Waals surface area contributed by atoms with Crippen molar-refractivity contribution in [1.82, 2.24) is 4.98 Å². The Morgan fingerprint density at radius 2 is 1.73 bits per heavy atom. The molecule has 1 aliphatic carbocycles. The lowest BCUT2D eigenvalue weighted by molar-refractivity contribution is 0.304. The summed E-state index contributed by atoms with van der Waals surface area (Å²) in [7, 11) is 0. The molecule has 0 amide bonds. The highest BCUT2D eigenvalue weighted by atomic mass is 35.5. The fourth-order valence-corrected chi connectivity index (χ4v) is 4.28. The molecule has 1 saturated carbocycles. The highest BCUT2D eigenvalue weighted by Crippen LogP contribution is 2.37. The number of rotatable bonds is 7. The summed E-state index contributed by atoms with van der Waals surface area (Å²) in [6.07, 6.45) is 11.0. The van der Waals surface area contributed by atoms with Crippen LogP contribution in [-0.2, 0) is 12.8 Å². The average Bonchev–Trinajstić information content (AvgIpc) is 2.66. The Bertz CT molecular complexity index is 690. The lowest BCUT2D eigenvalue weighted by Crippen LogP contribution is -2.13. The molecule has 0 spiro atoms. The Labute approximate surface area is 162 Å². The van der Waals surface area contributed by atoms with Crippen molar-refractivity contribution in [2.24, 2.45) is 5.92 Å². The summed E-state index contributed by atoms with van der Waals surface area (Å²) in [6.45, 7) is 2.28. The number of benzene rings is 1. The summed E-state index contributed by atoms with van der Waals surface area (Å²) in [5, 5.41) is 0.208. The first-order chi connectivity index (χ1) is 12.7. The van der Waals surface area contributed by atoms with Gasteiger partial charge in [-0.15, -0.1) is 0 Å². The topological polar surface area (TPSA) is 12.9 Å². The SMILES string of the molecule is CCCCC1CCC(c2ccc(CCc3ccc(Cl)nc3F)cc2)CC1. The van der Waals surface area contributed by atoms with E-state index in [2.05, 4.69) is 36.2 Å². The zero-order valence-corrected chi connectivity index (χ0v) is 16.4. The van der Waals surface area contributed by atoms with Crippen molar-refractivity contribution < 1.29 is 4.39 Å². The van der Waals surface area contributed by atoms with Crippen molar-refractivity contribution in [3.05, 3.63) is 64.2 Å². The Balaban J connectivity index is 1.51. The van der Waals surface area contributed by atoms with Crippen LogP contribution in [0, 0.1) is 11.9 Å². The van der Waals surface area contributed by atoms with Crippen LogP contribution in [0.4, 0.5) is 4.39 Å². The zero-order valence-electron chi connectivity index (χ0n) is 15.7. The molecule has 1 nitrogen and oxygen atoms in total. The van der Waals surface area contributed by atoms with Crippen LogP contribution >= 0.6 is 11.6 Å². The van der Waals surface area contributed by atoms with Gasteiger partial charge in [0.2, 0.25) is 5.95 Å². The van der Waals surface area contributed by atoms with Gasteiger partial charge in [-0.25, -0.2) is 4.98 Å². The van der Waals surface area contributed by atoms with Gasteiger partial charge in [-0.2, -0.15) is 4.39 Å². The minimum Gasteiger partial charge on any atom is -0.208 e. The highest BCUT2D eigenvalue weighted by molar-refractivity contribution is 6.29. The third kappa shape index (κ3) is 5.30. The molecule has 0 atom stereocenters. The minimum atomic E-state index is -0.450. The predicted octanol–water partition coefficient (Wildman–Crippen LogP) is 7.12. The minimum absolute atomic E-state index is 0.208. The second kappa shape index (κ2) is 9.50. The van der Waals surface area contributed by atoms with E-state index in [1.165, 1.54) is 56.1 Å². The number of aromatic nitrogens is 1.